The number of carbonyl (C=O) groups excluding carboxylic acids is 2. The number of primary amides is 1. The van der Waals surface area contributed by atoms with E-state index < -0.39 is 5.91 Å². The van der Waals surface area contributed by atoms with Crippen LogP contribution in [0.15, 0.2) is 34.9 Å². The third kappa shape index (κ3) is 3.59. The number of amides is 2. The molecule has 0 saturated carbocycles. The summed E-state index contributed by atoms with van der Waals surface area (Å²) in [5.74, 6) is -0.395. The number of allylic oxidation sites excluding steroid dienone is 1. The highest BCUT2D eigenvalue weighted by Gasteiger charge is 2.29. The molecule has 1 aliphatic rings. The number of thioether (sulfide) groups is 1. The zero-order valence-corrected chi connectivity index (χ0v) is 12.8. The fraction of sp³-hybridized carbons (Fsp3) is 0.267. The molecular formula is C15H15N3O3S. The van der Waals surface area contributed by atoms with Gasteiger partial charge in [-0.2, -0.15) is 5.26 Å². The third-order valence-corrected chi connectivity index (χ3v) is 4.25. The van der Waals surface area contributed by atoms with Gasteiger partial charge in [-0.1, -0.05) is 23.9 Å². The maximum Gasteiger partial charge on any atom is 0.227 e. The van der Waals surface area contributed by atoms with Gasteiger partial charge in [0.15, 0.2) is 0 Å². The van der Waals surface area contributed by atoms with Crippen LogP contribution in [-0.4, -0.2) is 24.7 Å². The van der Waals surface area contributed by atoms with Crippen molar-refractivity contribution in [2.75, 3.05) is 12.9 Å². The second-order valence-electron chi connectivity index (χ2n) is 4.69. The van der Waals surface area contributed by atoms with Gasteiger partial charge in [-0.05, 0) is 17.7 Å². The van der Waals surface area contributed by atoms with Crippen LogP contribution in [0.1, 0.15) is 17.9 Å². The summed E-state index contributed by atoms with van der Waals surface area (Å²) in [6.45, 7) is 0. The minimum atomic E-state index is -0.507. The molecule has 0 unspecified atom stereocenters. The van der Waals surface area contributed by atoms with Crippen LogP contribution in [-0.2, 0) is 9.59 Å². The molecule has 1 atom stereocenters. The Morgan fingerprint density at radius 2 is 2.36 bits per heavy atom. The van der Waals surface area contributed by atoms with E-state index in [1.54, 1.807) is 19.2 Å². The van der Waals surface area contributed by atoms with Crippen molar-refractivity contribution in [3.63, 3.8) is 0 Å². The molecule has 1 aliphatic heterocycles. The molecule has 0 spiro atoms. The van der Waals surface area contributed by atoms with E-state index >= 15 is 0 Å². The third-order valence-electron chi connectivity index (χ3n) is 3.21. The number of ether oxygens (including phenoxy) is 1. The number of benzene rings is 1. The normalized spacial score (nSPS) is 17.6. The molecule has 0 aliphatic carbocycles. The summed E-state index contributed by atoms with van der Waals surface area (Å²) in [6, 6.07) is 9.39. The molecule has 1 aromatic carbocycles. The summed E-state index contributed by atoms with van der Waals surface area (Å²) in [5.41, 5.74) is 6.37. The summed E-state index contributed by atoms with van der Waals surface area (Å²) in [6.07, 6.45) is 0.177. The topological polar surface area (TPSA) is 105 Å². The quantitative estimate of drug-likeness (QED) is 0.850. The lowest BCUT2D eigenvalue weighted by atomic mass is 9.87. The minimum Gasteiger partial charge on any atom is -0.497 e. The Hall–Kier alpha value is -2.46. The van der Waals surface area contributed by atoms with E-state index in [4.69, 9.17) is 10.5 Å². The first-order chi connectivity index (χ1) is 10.5. The van der Waals surface area contributed by atoms with E-state index in [0.29, 0.717) is 16.4 Å². The number of hydrogen-bond acceptors (Lipinski definition) is 5. The Morgan fingerprint density at radius 1 is 1.59 bits per heavy atom. The average molecular weight is 317 g/mol. The molecule has 3 N–H and O–H groups in total. The summed E-state index contributed by atoms with van der Waals surface area (Å²) < 4.78 is 5.18. The van der Waals surface area contributed by atoms with Gasteiger partial charge < -0.3 is 15.8 Å². The first kappa shape index (κ1) is 15.9. The number of nitrogens with zero attached hydrogens (tertiary/aromatic N) is 1. The molecule has 6 nitrogen and oxygen atoms in total. The summed E-state index contributed by atoms with van der Waals surface area (Å²) in [5, 5.41) is 12.5. The summed E-state index contributed by atoms with van der Waals surface area (Å²) in [4.78, 5) is 22.8. The average Bonchev–Trinajstić information content (AvgIpc) is 2.52. The van der Waals surface area contributed by atoms with Crippen molar-refractivity contribution in [1.29, 1.82) is 5.26 Å². The Balaban J connectivity index is 2.39. The van der Waals surface area contributed by atoms with Gasteiger partial charge in [-0.15, -0.1) is 0 Å². The van der Waals surface area contributed by atoms with Gasteiger partial charge in [0.1, 0.15) is 5.75 Å². The summed E-state index contributed by atoms with van der Waals surface area (Å²) in [7, 11) is 1.56. The van der Waals surface area contributed by atoms with Gasteiger partial charge in [0.05, 0.1) is 29.5 Å². The molecule has 114 valence electrons. The van der Waals surface area contributed by atoms with Crippen LogP contribution in [0.25, 0.3) is 0 Å². The SMILES string of the molecule is COc1cccc([C@@H]2CC(=O)NC(SCC(N)=O)=C2C#N)c1. The molecule has 0 bridgehead atoms. The molecule has 2 amide bonds. The highest BCUT2D eigenvalue weighted by Crippen LogP contribution is 2.36. The lowest BCUT2D eigenvalue weighted by Gasteiger charge is -2.25. The lowest BCUT2D eigenvalue weighted by Crippen LogP contribution is -2.31. The number of nitriles is 1. The molecule has 1 heterocycles. The largest absolute Gasteiger partial charge is 0.497 e. The molecule has 0 aromatic heterocycles. The smallest absolute Gasteiger partial charge is 0.227 e. The van der Waals surface area contributed by atoms with Crippen LogP contribution in [0.3, 0.4) is 0 Å². The van der Waals surface area contributed by atoms with Crippen LogP contribution < -0.4 is 15.8 Å². The maximum atomic E-state index is 11.9. The van der Waals surface area contributed by atoms with Crippen molar-refractivity contribution in [2.24, 2.45) is 5.73 Å². The standard InChI is InChI=1S/C15H15N3O3S/c1-21-10-4-2-3-9(5-10)11-6-14(20)18-15(12(11)7-16)22-8-13(17)19/h2-5,11H,6,8H2,1H3,(H2,17,19)(H,18,20)/t11-/m0/s1. The van der Waals surface area contributed by atoms with E-state index in [2.05, 4.69) is 11.4 Å². The van der Waals surface area contributed by atoms with E-state index in [1.165, 1.54) is 0 Å². The molecule has 2 rings (SSSR count). The number of hydrogen-bond donors (Lipinski definition) is 2. The van der Waals surface area contributed by atoms with Crippen LogP contribution >= 0.6 is 11.8 Å². The van der Waals surface area contributed by atoms with Crippen LogP contribution in [0, 0.1) is 11.3 Å². The monoisotopic (exact) mass is 317 g/mol. The molecular weight excluding hydrogens is 302 g/mol. The van der Waals surface area contributed by atoms with E-state index in [1.807, 2.05) is 12.1 Å². The van der Waals surface area contributed by atoms with Crippen molar-refractivity contribution >= 4 is 23.6 Å². The molecule has 0 fully saturated rings. The molecule has 0 saturated heterocycles. The fourth-order valence-electron chi connectivity index (χ4n) is 2.22. The maximum absolute atomic E-state index is 11.9. The summed E-state index contributed by atoms with van der Waals surface area (Å²) >= 11 is 1.07. The predicted octanol–water partition coefficient (Wildman–Crippen LogP) is 1.25. The fourth-order valence-corrected chi connectivity index (χ4v) is 3.04. The van der Waals surface area contributed by atoms with Crippen LogP contribution in [0.4, 0.5) is 0 Å². The molecule has 7 heteroatoms. The molecule has 0 radical (unpaired) electrons. The zero-order valence-electron chi connectivity index (χ0n) is 12.0. The van der Waals surface area contributed by atoms with E-state index in [0.717, 1.165) is 17.3 Å². The number of nitrogens with two attached hydrogens (primary N) is 1. The van der Waals surface area contributed by atoms with Crippen molar-refractivity contribution in [2.45, 2.75) is 12.3 Å². The number of rotatable bonds is 5. The van der Waals surface area contributed by atoms with Crippen molar-refractivity contribution in [3.05, 3.63) is 40.4 Å². The highest BCUT2D eigenvalue weighted by molar-refractivity contribution is 8.03. The Kier molecular flexibility index (Phi) is 5.07. The van der Waals surface area contributed by atoms with Crippen LogP contribution in [0.5, 0.6) is 5.75 Å². The number of nitrogens with one attached hydrogen (secondary N) is 1. The minimum absolute atomic E-state index is 0.00558. The van der Waals surface area contributed by atoms with Gasteiger partial charge >= 0.3 is 0 Å². The Labute approximate surface area is 132 Å². The second-order valence-corrected chi connectivity index (χ2v) is 5.68. The van der Waals surface area contributed by atoms with Gasteiger partial charge in [-0.25, -0.2) is 0 Å². The second kappa shape index (κ2) is 7.00. The lowest BCUT2D eigenvalue weighted by molar-refractivity contribution is -0.121. The first-order valence-electron chi connectivity index (χ1n) is 6.54. The van der Waals surface area contributed by atoms with Crippen molar-refractivity contribution in [3.8, 4) is 11.8 Å². The Bertz CT molecular complexity index is 679. The first-order valence-corrected chi connectivity index (χ1v) is 7.53. The number of carbonyl (C=O) groups is 2. The predicted molar refractivity (Wildman–Crippen MR) is 82.8 cm³/mol. The van der Waals surface area contributed by atoms with Crippen LogP contribution in [0.2, 0.25) is 0 Å². The van der Waals surface area contributed by atoms with Gasteiger partial charge in [0.2, 0.25) is 11.8 Å². The Morgan fingerprint density at radius 3 is 3.00 bits per heavy atom. The molecule has 1 aromatic rings. The van der Waals surface area contributed by atoms with E-state index in [-0.39, 0.29) is 24.0 Å². The van der Waals surface area contributed by atoms with Gasteiger partial charge in [0, 0.05) is 12.3 Å². The molecule has 22 heavy (non-hydrogen) atoms. The zero-order chi connectivity index (χ0) is 16.1. The van der Waals surface area contributed by atoms with Gasteiger partial charge in [-0.3, -0.25) is 9.59 Å². The van der Waals surface area contributed by atoms with Gasteiger partial charge in [0.25, 0.3) is 0 Å². The van der Waals surface area contributed by atoms with Crippen molar-refractivity contribution < 1.29 is 14.3 Å². The van der Waals surface area contributed by atoms with E-state index in [9.17, 15) is 14.9 Å². The van der Waals surface area contributed by atoms with Crippen molar-refractivity contribution in [1.82, 2.24) is 5.32 Å². The highest BCUT2D eigenvalue weighted by atomic mass is 32.2. The number of methoxy groups -OCH3 is 1.